The maximum absolute atomic E-state index is 13.2. The lowest BCUT2D eigenvalue weighted by molar-refractivity contribution is -0.0213. The van der Waals surface area contributed by atoms with Gasteiger partial charge in [-0.05, 0) is 42.0 Å². The molecule has 2 aliphatic heterocycles. The first-order valence-corrected chi connectivity index (χ1v) is 10.7. The highest BCUT2D eigenvalue weighted by Crippen LogP contribution is 2.27. The molecule has 2 aromatic rings. The Bertz CT molecular complexity index is 829. The smallest absolute Gasteiger partial charge is 0.123 e. The number of piperazine rings is 1. The molecule has 0 amide bonds. The first-order valence-electron chi connectivity index (χ1n) is 10.7. The largest absolute Gasteiger partial charge is 0.394 e. The number of ether oxygens (including phenoxy) is 1. The minimum Gasteiger partial charge on any atom is -0.394 e. The summed E-state index contributed by atoms with van der Waals surface area (Å²) in [4.78, 5) is 4.41. The van der Waals surface area contributed by atoms with Gasteiger partial charge in [0.25, 0.3) is 0 Å². The van der Waals surface area contributed by atoms with E-state index in [0.717, 1.165) is 37.4 Å². The molecule has 0 unspecified atom stereocenters. The predicted octanol–water partition coefficient (Wildman–Crippen LogP) is 1.37. The Labute approximate surface area is 181 Å². The molecule has 2 fully saturated rings. The molecular weight excluding hydrogens is 404 g/mol. The molecule has 6 nitrogen and oxygen atoms in total. The molecule has 4 rings (SSSR count). The number of aliphatic hydroxyl groups excluding tert-OH is 2. The first kappa shape index (κ1) is 22.1. The SMILES string of the molecule is OC[C@@H]1O[C@H](CNCc2ccc(F)cc2)[C@H](N2CCN(c3ccc(F)cc3)CC2)[C@@H]1O. The third-order valence-electron chi connectivity index (χ3n) is 6.16. The van der Waals surface area contributed by atoms with E-state index in [1.165, 1.54) is 24.3 Å². The summed E-state index contributed by atoms with van der Waals surface area (Å²) in [5, 5.41) is 23.7. The van der Waals surface area contributed by atoms with Crippen LogP contribution in [-0.4, -0.2) is 78.8 Å². The van der Waals surface area contributed by atoms with Crippen molar-refractivity contribution in [3.63, 3.8) is 0 Å². The third kappa shape index (κ3) is 5.22. The topological polar surface area (TPSA) is 68.2 Å². The van der Waals surface area contributed by atoms with Crippen molar-refractivity contribution in [3.8, 4) is 0 Å². The molecule has 0 aliphatic carbocycles. The van der Waals surface area contributed by atoms with Crippen molar-refractivity contribution in [2.24, 2.45) is 0 Å². The molecule has 2 aromatic carbocycles. The van der Waals surface area contributed by atoms with Crippen LogP contribution >= 0.6 is 0 Å². The standard InChI is InChI=1S/C23H29F2N3O3/c24-17-3-1-16(2-4-17)13-26-14-20-22(23(30)21(15-29)31-20)28-11-9-27(10-12-28)19-7-5-18(25)6-8-19/h1-8,20-23,26,29-30H,9-15H2/t20-,21+,22+,23-/m1/s1. The van der Waals surface area contributed by atoms with Crippen molar-refractivity contribution in [1.82, 2.24) is 10.2 Å². The molecule has 0 saturated carbocycles. The molecule has 0 spiro atoms. The zero-order valence-corrected chi connectivity index (χ0v) is 17.3. The summed E-state index contributed by atoms with van der Waals surface area (Å²) in [6, 6.07) is 12.6. The lowest BCUT2D eigenvalue weighted by atomic mass is 10.0. The highest BCUT2D eigenvalue weighted by molar-refractivity contribution is 5.46. The molecule has 8 heteroatoms. The fraction of sp³-hybridized carbons (Fsp3) is 0.478. The second-order valence-corrected chi connectivity index (χ2v) is 8.13. The number of benzene rings is 2. The number of hydrogen-bond acceptors (Lipinski definition) is 6. The number of hydrogen-bond donors (Lipinski definition) is 3. The Balaban J connectivity index is 1.35. The Morgan fingerprint density at radius 3 is 2.13 bits per heavy atom. The third-order valence-corrected chi connectivity index (χ3v) is 6.16. The van der Waals surface area contributed by atoms with Gasteiger partial charge >= 0.3 is 0 Å². The Morgan fingerprint density at radius 2 is 1.52 bits per heavy atom. The lowest BCUT2D eigenvalue weighted by Crippen LogP contribution is -2.57. The first-order chi connectivity index (χ1) is 15.0. The summed E-state index contributed by atoms with van der Waals surface area (Å²) in [5.74, 6) is -0.517. The van der Waals surface area contributed by atoms with E-state index >= 15 is 0 Å². The van der Waals surface area contributed by atoms with E-state index in [0.29, 0.717) is 13.1 Å². The molecule has 0 aromatic heterocycles. The molecule has 4 atom stereocenters. The van der Waals surface area contributed by atoms with E-state index in [2.05, 4.69) is 15.1 Å². The van der Waals surface area contributed by atoms with Crippen LogP contribution in [0.3, 0.4) is 0 Å². The van der Waals surface area contributed by atoms with Crippen LogP contribution in [0.1, 0.15) is 5.56 Å². The second kappa shape index (κ2) is 10.0. The van der Waals surface area contributed by atoms with Gasteiger partial charge in [0, 0.05) is 45.0 Å². The maximum Gasteiger partial charge on any atom is 0.123 e. The van der Waals surface area contributed by atoms with Gasteiger partial charge in [-0.1, -0.05) is 12.1 Å². The van der Waals surface area contributed by atoms with Crippen molar-refractivity contribution in [2.75, 3.05) is 44.2 Å². The highest BCUT2D eigenvalue weighted by atomic mass is 19.1. The van der Waals surface area contributed by atoms with Gasteiger partial charge in [0.1, 0.15) is 23.8 Å². The van der Waals surface area contributed by atoms with E-state index in [1.807, 2.05) is 0 Å². The molecule has 168 valence electrons. The number of nitrogens with one attached hydrogen (secondary N) is 1. The molecule has 31 heavy (non-hydrogen) atoms. The van der Waals surface area contributed by atoms with Crippen molar-refractivity contribution < 1.29 is 23.7 Å². The van der Waals surface area contributed by atoms with E-state index in [4.69, 9.17) is 4.74 Å². The maximum atomic E-state index is 13.2. The lowest BCUT2D eigenvalue weighted by Gasteiger charge is -2.41. The van der Waals surface area contributed by atoms with Gasteiger partial charge in [-0.15, -0.1) is 0 Å². The Hall–Kier alpha value is -2.10. The van der Waals surface area contributed by atoms with Gasteiger partial charge in [-0.25, -0.2) is 8.78 Å². The summed E-state index contributed by atoms with van der Waals surface area (Å²) >= 11 is 0. The van der Waals surface area contributed by atoms with Gasteiger partial charge in [0.2, 0.25) is 0 Å². The number of rotatable bonds is 7. The normalized spacial score (nSPS) is 27.0. The van der Waals surface area contributed by atoms with Gasteiger partial charge in [0.05, 0.1) is 18.8 Å². The quantitative estimate of drug-likeness (QED) is 0.613. The van der Waals surface area contributed by atoms with Crippen LogP contribution in [0.2, 0.25) is 0 Å². The summed E-state index contributed by atoms with van der Waals surface area (Å²) in [7, 11) is 0. The molecule has 0 radical (unpaired) electrons. The minimum atomic E-state index is -0.778. The Morgan fingerprint density at radius 1 is 0.903 bits per heavy atom. The fourth-order valence-corrected chi connectivity index (χ4v) is 4.49. The van der Waals surface area contributed by atoms with Gasteiger partial charge in [0.15, 0.2) is 0 Å². The van der Waals surface area contributed by atoms with Gasteiger partial charge in [-0.2, -0.15) is 0 Å². The van der Waals surface area contributed by atoms with Crippen LogP contribution in [-0.2, 0) is 11.3 Å². The van der Waals surface area contributed by atoms with Gasteiger partial charge < -0.3 is 25.2 Å². The van der Waals surface area contributed by atoms with E-state index < -0.39 is 12.2 Å². The fourth-order valence-electron chi connectivity index (χ4n) is 4.49. The van der Waals surface area contributed by atoms with Crippen LogP contribution in [0.5, 0.6) is 0 Å². The van der Waals surface area contributed by atoms with Crippen LogP contribution in [0, 0.1) is 11.6 Å². The van der Waals surface area contributed by atoms with Crippen molar-refractivity contribution >= 4 is 5.69 Å². The summed E-state index contributed by atoms with van der Waals surface area (Å²) in [6.45, 7) is 3.81. The van der Waals surface area contributed by atoms with Crippen LogP contribution in [0.15, 0.2) is 48.5 Å². The van der Waals surface area contributed by atoms with E-state index in [1.54, 1.807) is 24.3 Å². The second-order valence-electron chi connectivity index (χ2n) is 8.13. The molecule has 2 aliphatic rings. The van der Waals surface area contributed by atoms with Crippen LogP contribution < -0.4 is 10.2 Å². The minimum absolute atomic E-state index is 0.228. The zero-order valence-electron chi connectivity index (χ0n) is 17.3. The van der Waals surface area contributed by atoms with Crippen LogP contribution in [0.25, 0.3) is 0 Å². The molecule has 0 bridgehead atoms. The van der Waals surface area contributed by atoms with E-state index in [9.17, 15) is 19.0 Å². The monoisotopic (exact) mass is 433 g/mol. The predicted molar refractivity (Wildman–Crippen MR) is 114 cm³/mol. The van der Waals surface area contributed by atoms with Crippen LogP contribution in [0.4, 0.5) is 14.5 Å². The molecule has 2 heterocycles. The van der Waals surface area contributed by atoms with Gasteiger partial charge in [-0.3, -0.25) is 4.90 Å². The Kier molecular flexibility index (Phi) is 7.14. The summed E-state index contributed by atoms with van der Waals surface area (Å²) in [6.07, 6.45) is -1.66. The van der Waals surface area contributed by atoms with Crippen molar-refractivity contribution in [1.29, 1.82) is 0 Å². The number of anilines is 1. The molecule has 3 N–H and O–H groups in total. The number of nitrogens with zero attached hydrogens (tertiary/aromatic N) is 2. The molecule has 2 saturated heterocycles. The van der Waals surface area contributed by atoms with Crippen molar-refractivity contribution in [3.05, 3.63) is 65.7 Å². The van der Waals surface area contributed by atoms with Crippen molar-refractivity contribution in [2.45, 2.75) is 30.9 Å². The molecular formula is C23H29F2N3O3. The average molecular weight is 433 g/mol. The highest BCUT2D eigenvalue weighted by Gasteiger charge is 2.46. The summed E-state index contributed by atoms with van der Waals surface area (Å²) in [5.41, 5.74) is 1.94. The number of halogens is 2. The zero-order chi connectivity index (χ0) is 21.8. The van der Waals surface area contributed by atoms with E-state index in [-0.39, 0.29) is 30.4 Å². The number of aliphatic hydroxyl groups is 2. The average Bonchev–Trinajstić information content (AvgIpc) is 3.11. The summed E-state index contributed by atoms with van der Waals surface area (Å²) < 4.78 is 32.2.